The minimum Gasteiger partial charge on any atom is -0.313 e. The van der Waals surface area contributed by atoms with Crippen LogP contribution in [0.15, 0.2) is 27.6 Å². The molecule has 0 saturated heterocycles. The third kappa shape index (κ3) is 5.90. The first-order chi connectivity index (χ1) is 9.72. The van der Waals surface area contributed by atoms with Gasteiger partial charge in [-0.15, -0.1) is 0 Å². The van der Waals surface area contributed by atoms with Crippen LogP contribution in [-0.4, -0.2) is 32.5 Å². The van der Waals surface area contributed by atoms with Crippen molar-refractivity contribution in [3.8, 4) is 0 Å². The molecule has 0 aromatic heterocycles. The van der Waals surface area contributed by atoms with Crippen LogP contribution in [0.5, 0.6) is 0 Å². The molecular weight excluding hydrogens is 372 g/mol. The van der Waals surface area contributed by atoms with Gasteiger partial charge < -0.3 is 5.32 Å². The number of hydrogen-bond donors (Lipinski definition) is 2. The molecule has 0 heterocycles. The SMILES string of the molecule is CCNCc1ccc(S(=O)(=O)NCC(C)(C)SC)c(Br)c1. The fraction of sp³-hybridized carbons (Fsp3) is 0.571. The van der Waals surface area contributed by atoms with Gasteiger partial charge in [0.15, 0.2) is 0 Å². The van der Waals surface area contributed by atoms with Crippen LogP contribution in [0.3, 0.4) is 0 Å². The molecule has 0 unspecified atom stereocenters. The number of nitrogens with one attached hydrogen (secondary N) is 2. The molecule has 0 fully saturated rings. The lowest BCUT2D eigenvalue weighted by atomic mass is 10.2. The molecule has 2 N–H and O–H groups in total. The first-order valence-corrected chi connectivity index (χ1v) is 10.3. The molecule has 0 aliphatic rings. The molecule has 1 aromatic carbocycles. The van der Waals surface area contributed by atoms with Crippen LogP contribution in [-0.2, 0) is 16.6 Å². The van der Waals surface area contributed by atoms with Crippen molar-refractivity contribution in [2.45, 2.75) is 37.0 Å². The van der Waals surface area contributed by atoms with Gasteiger partial charge in [-0.25, -0.2) is 13.1 Å². The van der Waals surface area contributed by atoms with Crippen LogP contribution in [0.4, 0.5) is 0 Å². The van der Waals surface area contributed by atoms with E-state index in [1.165, 1.54) is 0 Å². The maximum absolute atomic E-state index is 12.4. The predicted octanol–water partition coefficient (Wildman–Crippen LogP) is 2.98. The highest BCUT2D eigenvalue weighted by Crippen LogP contribution is 2.25. The monoisotopic (exact) mass is 394 g/mol. The fourth-order valence-electron chi connectivity index (χ4n) is 1.56. The lowest BCUT2D eigenvalue weighted by Gasteiger charge is -2.22. The Bertz CT molecular complexity index is 574. The van der Waals surface area contributed by atoms with Crippen LogP contribution >= 0.6 is 27.7 Å². The summed E-state index contributed by atoms with van der Waals surface area (Å²) in [6.07, 6.45) is 1.97. The van der Waals surface area contributed by atoms with Gasteiger partial charge in [0, 0.05) is 22.3 Å². The van der Waals surface area contributed by atoms with E-state index in [9.17, 15) is 8.42 Å². The van der Waals surface area contributed by atoms with Crippen molar-refractivity contribution in [1.82, 2.24) is 10.0 Å². The van der Waals surface area contributed by atoms with Gasteiger partial charge in [0.25, 0.3) is 0 Å². The summed E-state index contributed by atoms with van der Waals surface area (Å²) >= 11 is 4.99. The Balaban J connectivity index is 2.88. The number of sulfonamides is 1. The van der Waals surface area contributed by atoms with Crippen molar-refractivity contribution in [2.24, 2.45) is 0 Å². The second kappa shape index (κ2) is 7.97. The van der Waals surface area contributed by atoms with Crippen molar-refractivity contribution >= 4 is 37.7 Å². The molecule has 0 amide bonds. The average molecular weight is 395 g/mol. The van der Waals surface area contributed by atoms with Gasteiger partial charge in [-0.2, -0.15) is 11.8 Å². The lowest BCUT2D eigenvalue weighted by molar-refractivity contribution is 0.570. The highest BCUT2D eigenvalue weighted by atomic mass is 79.9. The van der Waals surface area contributed by atoms with Gasteiger partial charge >= 0.3 is 0 Å². The zero-order valence-electron chi connectivity index (χ0n) is 12.9. The minimum absolute atomic E-state index is 0.134. The van der Waals surface area contributed by atoms with Crippen LogP contribution in [0.1, 0.15) is 26.3 Å². The molecule has 0 radical (unpaired) electrons. The highest BCUT2D eigenvalue weighted by molar-refractivity contribution is 9.10. The number of halogens is 1. The Hall–Kier alpha value is -0.0800. The average Bonchev–Trinajstić information content (AvgIpc) is 2.43. The topological polar surface area (TPSA) is 58.2 Å². The molecule has 1 rings (SSSR count). The summed E-state index contributed by atoms with van der Waals surface area (Å²) in [6, 6.07) is 5.32. The van der Waals surface area contributed by atoms with E-state index in [2.05, 4.69) is 26.0 Å². The largest absolute Gasteiger partial charge is 0.313 e. The van der Waals surface area contributed by atoms with Gasteiger partial charge in [-0.1, -0.05) is 13.0 Å². The Morgan fingerprint density at radius 2 is 2.00 bits per heavy atom. The van der Waals surface area contributed by atoms with Crippen molar-refractivity contribution < 1.29 is 8.42 Å². The summed E-state index contributed by atoms with van der Waals surface area (Å²) in [5.41, 5.74) is 1.05. The van der Waals surface area contributed by atoms with Crippen molar-refractivity contribution in [1.29, 1.82) is 0 Å². The van der Waals surface area contributed by atoms with Gasteiger partial charge in [0.1, 0.15) is 0 Å². The van der Waals surface area contributed by atoms with E-state index < -0.39 is 10.0 Å². The fourth-order valence-corrected chi connectivity index (χ4v) is 4.20. The molecule has 4 nitrogen and oxygen atoms in total. The summed E-state index contributed by atoms with van der Waals surface area (Å²) < 4.78 is 27.9. The molecule has 0 saturated carbocycles. The van der Waals surface area contributed by atoms with Crippen molar-refractivity contribution in [2.75, 3.05) is 19.3 Å². The Kier molecular flexibility index (Phi) is 7.19. The third-order valence-electron chi connectivity index (χ3n) is 3.11. The minimum atomic E-state index is -3.50. The molecule has 0 aliphatic heterocycles. The third-order valence-corrected chi connectivity index (χ3v) is 6.73. The summed E-state index contributed by atoms with van der Waals surface area (Å²) in [6.45, 7) is 8.04. The number of hydrogen-bond acceptors (Lipinski definition) is 4. The molecule has 1 aromatic rings. The van der Waals surface area contributed by atoms with E-state index in [1.54, 1.807) is 17.8 Å². The summed E-state index contributed by atoms with van der Waals surface area (Å²) in [4.78, 5) is 0.277. The van der Waals surface area contributed by atoms with Crippen LogP contribution in [0, 0.1) is 0 Å². The molecule has 0 spiro atoms. The van der Waals surface area contributed by atoms with Gasteiger partial charge in [-0.3, -0.25) is 0 Å². The van der Waals surface area contributed by atoms with E-state index in [0.29, 0.717) is 11.0 Å². The summed E-state index contributed by atoms with van der Waals surface area (Å²) in [5, 5.41) is 3.21. The van der Waals surface area contributed by atoms with Crippen molar-refractivity contribution in [3.63, 3.8) is 0 Å². The smallest absolute Gasteiger partial charge is 0.241 e. The molecule has 7 heteroatoms. The molecule has 0 atom stereocenters. The Morgan fingerprint density at radius 3 is 2.52 bits per heavy atom. The van der Waals surface area contributed by atoms with Crippen molar-refractivity contribution in [3.05, 3.63) is 28.2 Å². The first kappa shape index (κ1) is 19.0. The van der Waals surface area contributed by atoms with E-state index in [1.807, 2.05) is 39.2 Å². The molecule has 0 bridgehead atoms. The quantitative estimate of drug-likeness (QED) is 0.711. The number of benzene rings is 1. The summed E-state index contributed by atoms with van der Waals surface area (Å²) in [5.74, 6) is 0. The Labute approximate surface area is 140 Å². The van der Waals surface area contributed by atoms with Crippen LogP contribution in [0.2, 0.25) is 0 Å². The standard InChI is InChI=1S/C14H23BrN2O2S2/c1-5-16-9-11-6-7-13(12(15)8-11)21(18,19)17-10-14(2,3)20-4/h6-8,16-17H,5,9-10H2,1-4H3. The molecule has 120 valence electrons. The van der Waals surface area contributed by atoms with E-state index in [-0.39, 0.29) is 9.64 Å². The normalized spacial score (nSPS) is 12.6. The van der Waals surface area contributed by atoms with E-state index >= 15 is 0 Å². The lowest BCUT2D eigenvalue weighted by Crippen LogP contribution is -2.36. The highest BCUT2D eigenvalue weighted by Gasteiger charge is 2.23. The maximum Gasteiger partial charge on any atom is 0.241 e. The van der Waals surface area contributed by atoms with E-state index in [4.69, 9.17) is 0 Å². The Morgan fingerprint density at radius 1 is 1.33 bits per heavy atom. The number of thioether (sulfide) groups is 1. The van der Waals surface area contributed by atoms with Crippen LogP contribution in [0.25, 0.3) is 0 Å². The van der Waals surface area contributed by atoms with E-state index in [0.717, 1.165) is 18.7 Å². The zero-order chi connectivity index (χ0) is 16.1. The maximum atomic E-state index is 12.4. The second-order valence-electron chi connectivity index (χ2n) is 5.33. The molecule has 0 aliphatic carbocycles. The molecular formula is C14H23BrN2O2S2. The summed E-state index contributed by atoms with van der Waals surface area (Å²) in [7, 11) is -3.50. The van der Waals surface area contributed by atoms with Crippen LogP contribution < -0.4 is 10.0 Å². The predicted molar refractivity (Wildman–Crippen MR) is 94.3 cm³/mol. The van der Waals surface area contributed by atoms with Gasteiger partial charge in [0.05, 0.1) is 4.90 Å². The first-order valence-electron chi connectivity index (χ1n) is 6.76. The molecule has 21 heavy (non-hydrogen) atoms. The zero-order valence-corrected chi connectivity index (χ0v) is 16.1. The number of rotatable bonds is 8. The second-order valence-corrected chi connectivity index (χ2v) is 9.44. The van der Waals surface area contributed by atoms with Gasteiger partial charge in [0.2, 0.25) is 10.0 Å². The van der Waals surface area contributed by atoms with Gasteiger partial charge in [-0.05, 0) is 60.3 Å².